The number of hydrogen-bond acceptors (Lipinski definition) is 3. The number of hydrogen-bond donors (Lipinski definition) is 2. The number of primary sulfonamides is 1. The molecule has 1 aromatic rings. The van der Waals surface area contributed by atoms with Crippen LogP contribution < -0.4 is 10.5 Å². The summed E-state index contributed by atoms with van der Waals surface area (Å²) in [6.45, 7) is 0. The number of carbonyl (C=O) groups is 1. The van der Waals surface area contributed by atoms with Crippen LogP contribution in [0.3, 0.4) is 0 Å². The monoisotopic (exact) mass is 342 g/mol. The molecule has 1 aliphatic rings. The van der Waals surface area contributed by atoms with Gasteiger partial charge in [0, 0.05) is 6.04 Å². The maximum Gasteiger partial charge on any atom is 0.254 e. The number of benzene rings is 1. The molecule has 0 spiro atoms. The molecule has 0 aromatic heterocycles. The first-order chi connectivity index (χ1) is 8.71. The molecule has 1 fully saturated rings. The van der Waals surface area contributed by atoms with Crippen molar-refractivity contribution in [2.24, 2.45) is 5.14 Å². The van der Waals surface area contributed by atoms with Gasteiger partial charge in [-0.3, -0.25) is 4.79 Å². The summed E-state index contributed by atoms with van der Waals surface area (Å²) in [6.07, 6.45) is 1.73. The Morgan fingerprint density at radius 2 is 1.84 bits per heavy atom. The Bertz CT molecular complexity index is 656. The van der Waals surface area contributed by atoms with Crippen LogP contribution in [0.15, 0.2) is 11.0 Å². The van der Waals surface area contributed by atoms with Crippen LogP contribution in [0.5, 0.6) is 0 Å². The largest absolute Gasteiger partial charge is 0.349 e. The van der Waals surface area contributed by atoms with E-state index < -0.39 is 20.8 Å². The van der Waals surface area contributed by atoms with Crippen LogP contribution in [0.25, 0.3) is 0 Å². The molecule has 0 heterocycles. The molecule has 0 bridgehead atoms. The van der Waals surface area contributed by atoms with Crippen LogP contribution >= 0.6 is 34.8 Å². The first-order valence-corrected chi connectivity index (χ1v) is 7.91. The van der Waals surface area contributed by atoms with Gasteiger partial charge in [0.2, 0.25) is 10.0 Å². The predicted molar refractivity (Wildman–Crippen MR) is 73.3 cm³/mol. The van der Waals surface area contributed by atoms with Crippen LogP contribution in [0, 0.1) is 0 Å². The average Bonchev–Trinajstić information content (AvgIpc) is 3.05. The summed E-state index contributed by atoms with van der Waals surface area (Å²) < 4.78 is 22.8. The first kappa shape index (κ1) is 14.9. The highest BCUT2D eigenvalue weighted by Gasteiger charge is 2.29. The van der Waals surface area contributed by atoms with Crippen molar-refractivity contribution in [1.82, 2.24) is 5.32 Å². The zero-order valence-corrected chi connectivity index (χ0v) is 12.5. The van der Waals surface area contributed by atoms with Gasteiger partial charge in [0.05, 0.1) is 20.6 Å². The van der Waals surface area contributed by atoms with Gasteiger partial charge in [-0.05, 0) is 18.9 Å². The molecule has 1 saturated carbocycles. The normalized spacial score (nSPS) is 15.4. The van der Waals surface area contributed by atoms with Gasteiger partial charge in [-0.15, -0.1) is 0 Å². The van der Waals surface area contributed by atoms with E-state index in [9.17, 15) is 13.2 Å². The molecule has 3 N–H and O–H groups in total. The minimum atomic E-state index is -4.10. The molecule has 0 unspecified atom stereocenters. The molecule has 2 rings (SSSR count). The molecular formula is C10H9Cl3N2O3S. The summed E-state index contributed by atoms with van der Waals surface area (Å²) in [5, 5.41) is 7.14. The van der Waals surface area contributed by atoms with Crippen molar-refractivity contribution in [1.29, 1.82) is 0 Å². The Morgan fingerprint density at radius 3 is 2.32 bits per heavy atom. The molecule has 5 nitrogen and oxygen atoms in total. The highest BCUT2D eigenvalue weighted by Crippen LogP contribution is 2.36. The van der Waals surface area contributed by atoms with E-state index in [0.29, 0.717) is 0 Å². The second-order valence-electron chi connectivity index (χ2n) is 4.15. The number of nitrogens with two attached hydrogens (primary N) is 1. The predicted octanol–water partition coefficient (Wildman–Crippen LogP) is 2.19. The van der Waals surface area contributed by atoms with Crippen molar-refractivity contribution < 1.29 is 13.2 Å². The van der Waals surface area contributed by atoms with Gasteiger partial charge in [0.25, 0.3) is 5.91 Å². The van der Waals surface area contributed by atoms with Gasteiger partial charge < -0.3 is 5.32 Å². The zero-order valence-electron chi connectivity index (χ0n) is 9.41. The Morgan fingerprint density at radius 1 is 1.26 bits per heavy atom. The van der Waals surface area contributed by atoms with Gasteiger partial charge in [-0.25, -0.2) is 13.6 Å². The molecule has 0 saturated heterocycles. The molecule has 1 aliphatic carbocycles. The average molecular weight is 344 g/mol. The van der Waals surface area contributed by atoms with Crippen molar-refractivity contribution in [3.8, 4) is 0 Å². The number of sulfonamides is 1. The van der Waals surface area contributed by atoms with Gasteiger partial charge in [0.15, 0.2) is 0 Å². The Hall–Kier alpha value is -0.530. The Labute approximate surface area is 125 Å². The summed E-state index contributed by atoms with van der Waals surface area (Å²) in [7, 11) is -4.10. The third-order valence-corrected chi connectivity index (χ3v) is 4.80. The number of halogens is 3. The number of rotatable bonds is 3. The fourth-order valence-corrected chi connectivity index (χ4v) is 3.22. The minimum Gasteiger partial charge on any atom is -0.349 e. The molecule has 1 amide bonds. The fourth-order valence-electron chi connectivity index (χ4n) is 1.47. The van der Waals surface area contributed by atoms with E-state index in [1.807, 2.05) is 0 Å². The fraction of sp³-hybridized carbons (Fsp3) is 0.300. The quantitative estimate of drug-likeness (QED) is 0.824. The van der Waals surface area contributed by atoms with Crippen molar-refractivity contribution in [3.63, 3.8) is 0 Å². The smallest absolute Gasteiger partial charge is 0.254 e. The molecule has 9 heteroatoms. The molecular weight excluding hydrogens is 335 g/mol. The zero-order chi connectivity index (χ0) is 14.4. The summed E-state index contributed by atoms with van der Waals surface area (Å²) >= 11 is 17.6. The summed E-state index contributed by atoms with van der Waals surface area (Å²) in [5.41, 5.74) is -0.174. The second kappa shape index (κ2) is 5.10. The van der Waals surface area contributed by atoms with E-state index in [-0.39, 0.29) is 26.7 Å². The van der Waals surface area contributed by atoms with Gasteiger partial charge >= 0.3 is 0 Å². The Balaban J connectivity index is 2.58. The third-order valence-electron chi connectivity index (χ3n) is 2.57. The van der Waals surface area contributed by atoms with E-state index in [1.165, 1.54) is 0 Å². The van der Waals surface area contributed by atoms with Gasteiger partial charge in [0.1, 0.15) is 4.90 Å². The van der Waals surface area contributed by atoms with Gasteiger partial charge in [-0.2, -0.15) is 0 Å². The van der Waals surface area contributed by atoms with E-state index in [4.69, 9.17) is 39.9 Å². The first-order valence-electron chi connectivity index (χ1n) is 5.23. The molecule has 19 heavy (non-hydrogen) atoms. The van der Waals surface area contributed by atoms with Crippen molar-refractivity contribution in [2.75, 3.05) is 0 Å². The molecule has 1 aromatic carbocycles. The standard InChI is InChI=1S/C10H9Cl3N2O3S/c11-5-3-6(19(14,17)18)9(13)7(8(5)12)10(16)15-4-1-2-4/h3-4H,1-2H2,(H,15,16)(H2,14,17,18). The minimum absolute atomic E-state index is 0.0662. The second-order valence-corrected chi connectivity index (χ2v) is 6.85. The maximum atomic E-state index is 12.0. The van der Waals surface area contributed by atoms with Crippen molar-refractivity contribution >= 4 is 50.7 Å². The molecule has 0 radical (unpaired) electrons. The number of amides is 1. The van der Waals surface area contributed by atoms with Gasteiger partial charge in [-0.1, -0.05) is 34.8 Å². The van der Waals surface area contributed by atoms with Crippen LogP contribution in [-0.2, 0) is 10.0 Å². The van der Waals surface area contributed by atoms with Crippen LogP contribution in [0.4, 0.5) is 0 Å². The molecule has 0 aliphatic heterocycles. The number of nitrogens with one attached hydrogen (secondary N) is 1. The van der Waals surface area contributed by atoms with Crippen LogP contribution in [0.1, 0.15) is 23.2 Å². The third kappa shape index (κ3) is 3.14. The maximum absolute atomic E-state index is 12.0. The van der Waals surface area contributed by atoms with E-state index in [1.54, 1.807) is 0 Å². The van der Waals surface area contributed by atoms with Crippen LogP contribution in [0.2, 0.25) is 15.1 Å². The van der Waals surface area contributed by atoms with E-state index >= 15 is 0 Å². The lowest BCUT2D eigenvalue weighted by atomic mass is 10.2. The highest BCUT2D eigenvalue weighted by molar-refractivity contribution is 7.89. The molecule has 0 atom stereocenters. The lowest BCUT2D eigenvalue weighted by Crippen LogP contribution is -2.27. The van der Waals surface area contributed by atoms with Crippen molar-refractivity contribution in [2.45, 2.75) is 23.8 Å². The van der Waals surface area contributed by atoms with Crippen LogP contribution in [-0.4, -0.2) is 20.4 Å². The Kier molecular flexibility index (Phi) is 3.99. The lowest BCUT2D eigenvalue weighted by Gasteiger charge is -2.12. The molecule has 104 valence electrons. The van der Waals surface area contributed by atoms with E-state index in [2.05, 4.69) is 5.32 Å². The summed E-state index contributed by atoms with van der Waals surface area (Å²) in [6, 6.07) is 1.09. The number of carbonyl (C=O) groups excluding carboxylic acids is 1. The van der Waals surface area contributed by atoms with Crippen molar-refractivity contribution in [3.05, 3.63) is 26.7 Å². The highest BCUT2D eigenvalue weighted by atomic mass is 35.5. The SMILES string of the molecule is NS(=O)(=O)c1cc(Cl)c(Cl)c(C(=O)NC2CC2)c1Cl. The topological polar surface area (TPSA) is 89.3 Å². The lowest BCUT2D eigenvalue weighted by molar-refractivity contribution is 0.0951. The summed E-state index contributed by atoms with van der Waals surface area (Å²) in [5.74, 6) is -0.565. The van der Waals surface area contributed by atoms with E-state index in [0.717, 1.165) is 18.9 Å². The summed E-state index contributed by atoms with van der Waals surface area (Å²) in [4.78, 5) is 11.6.